The maximum absolute atomic E-state index is 5.80. The average Bonchev–Trinajstić information content (AvgIpc) is 2.86. The number of hydrogen-bond acceptors (Lipinski definition) is 5. The Labute approximate surface area is 166 Å². The van der Waals surface area contributed by atoms with E-state index in [4.69, 9.17) is 22.1 Å². The van der Waals surface area contributed by atoms with Crippen LogP contribution in [0.5, 0.6) is 5.75 Å². The molecule has 3 heterocycles. The molecule has 0 unspecified atom stereocenters. The highest BCUT2D eigenvalue weighted by Crippen LogP contribution is 2.28. The van der Waals surface area contributed by atoms with Crippen LogP contribution in [0, 0.1) is 4.77 Å². The first-order chi connectivity index (χ1) is 13.3. The molecule has 0 aliphatic carbocycles. The number of fused-ring (bicyclic) bond motifs is 1. The van der Waals surface area contributed by atoms with Crippen molar-refractivity contribution in [1.29, 1.82) is 0 Å². The number of para-hydroxylation sites is 2. The van der Waals surface area contributed by atoms with Gasteiger partial charge in [-0.15, -0.1) is 0 Å². The van der Waals surface area contributed by atoms with Gasteiger partial charge in [0.2, 0.25) is 0 Å². The molecular weight excluding hydrogens is 358 g/mol. The normalized spacial score (nSPS) is 18.2. The molecule has 0 N–H and O–H groups in total. The zero-order valence-electron chi connectivity index (χ0n) is 16.1. The van der Waals surface area contributed by atoms with Gasteiger partial charge in [-0.25, -0.2) is 4.68 Å². The topological polar surface area (TPSA) is 38.5 Å². The predicted octanol–water partition coefficient (Wildman–Crippen LogP) is 3.32. The van der Waals surface area contributed by atoms with Crippen LogP contribution in [0.3, 0.4) is 0 Å². The third kappa shape index (κ3) is 4.04. The largest absolute Gasteiger partial charge is 0.492 e. The number of ether oxygens (including phenoxy) is 1. The van der Waals surface area contributed by atoms with Gasteiger partial charge >= 0.3 is 0 Å². The van der Waals surface area contributed by atoms with E-state index in [0.29, 0.717) is 6.61 Å². The van der Waals surface area contributed by atoms with Crippen LogP contribution in [0.4, 0.5) is 5.69 Å². The monoisotopic (exact) mass is 387 g/mol. The van der Waals surface area contributed by atoms with Crippen molar-refractivity contribution < 1.29 is 4.74 Å². The van der Waals surface area contributed by atoms with E-state index in [1.54, 1.807) is 0 Å². The third-order valence-corrected chi connectivity index (χ3v) is 5.92. The number of anilines is 1. The van der Waals surface area contributed by atoms with E-state index >= 15 is 0 Å². The number of nitrogens with zero attached hydrogens (tertiary/aromatic N) is 5. The number of piperazine rings is 1. The van der Waals surface area contributed by atoms with Crippen LogP contribution >= 0.6 is 12.2 Å². The Bertz CT molecular complexity index is 822. The molecular formula is C20H29N5OS. The first-order valence-electron chi connectivity index (χ1n) is 10.1. The van der Waals surface area contributed by atoms with Crippen molar-refractivity contribution in [3.63, 3.8) is 0 Å². The van der Waals surface area contributed by atoms with E-state index < -0.39 is 0 Å². The zero-order chi connectivity index (χ0) is 18.6. The number of benzene rings is 1. The fraction of sp³-hybridized carbons (Fsp3) is 0.600. The van der Waals surface area contributed by atoms with Gasteiger partial charge in [0.1, 0.15) is 11.6 Å². The molecule has 0 saturated carbocycles. The van der Waals surface area contributed by atoms with Crippen molar-refractivity contribution in [3.8, 4) is 5.75 Å². The molecule has 1 aromatic heterocycles. The SMILES string of the molecule is CCOc1ccccc1N1CCN(Cn2nc3n(c2=S)CCCCC3)CC1. The van der Waals surface area contributed by atoms with Gasteiger partial charge in [-0.3, -0.25) is 4.90 Å². The maximum Gasteiger partial charge on any atom is 0.199 e. The lowest BCUT2D eigenvalue weighted by Crippen LogP contribution is -2.47. The molecule has 0 bridgehead atoms. The molecule has 0 radical (unpaired) electrons. The molecule has 4 rings (SSSR count). The Morgan fingerprint density at radius 2 is 1.85 bits per heavy atom. The summed E-state index contributed by atoms with van der Waals surface area (Å²) in [5.74, 6) is 2.15. The quantitative estimate of drug-likeness (QED) is 0.736. The molecule has 6 nitrogen and oxygen atoms in total. The summed E-state index contributed by atoms with van der Waals surface area (Å²) in [4.78, 5) is 4.87. The van der Waals surface area contributed by atoms with Gasteiger partial charge in [-0.05, 0) is 44.1 Å². The molecule has 1 fully saturated rings. The predicted molar refractivity (Wildman–Crippen MR) is 110 cm³/mol. The molecule has 7 heteroatoms. The van der Waals surface area contributed by atoms with Gasteiger partial charge in [0.25, 0.3) is 0 Å². The minimum Gasteiger partial charge on any atom is -0.492 e. The fourth-order valence-corrected chi connectivity index (χ4v) is 4.33. The highest BCUT2D eigenvalue weighted by molar-refractivity contribution is 7.71. The van der Waals surface area contributed by atoms with Crippen LogP contribution in [-0.4, -0.2) is 52.0 Å². The van der Waals surface area contributed by atoms with E-state index in [1.807, 2.05) is 17.7 Å². The van der Waals surface area contributed by atoms with Crippen LogP contribution in [0.25, 0.3) is 0 Å². The minimum atomic E-state index is 0.695. The fourth-order valence-electron chi connectivity index (χ4n) is 4.03. The summed E-state index contributed by atoms with van der Waals surface area (Å²) < 4.78 is 11.0. The Morgan fingerprint density at radius 1 is 1.04 bits per heavy atom. The Balaban J connectivity index is 1.40. The van der Waals surface area contributed by atoms with Gasteiger partial charge in [0, 0.05) is 39.1 Å². The Morgan fingerprint density at radius 3 is 2.67 bits per heavy atom. The van der Waals surface area contributed by atoms with Crippen molar-refractivity contribution in [2.45, 2.75) is 45.8 Å². The van der Waals surface area contributed by atoms with Crippen molar-refractivity contribution in [3.05, 3.63) is 34.9 Å². The molecule has 1 saturated heterocycles. The number of aromatic nitrogens is 3. The number of aryl methyl sites for hydroxylation is 1. The zero-order valence-corrected chi connectivity index (χ0v) is 17.0. The summed E-state index contributed by atoms with van der Waals surface area (Å²) in [6.45, 7) is 8.53. The second-order valence-corrected chi connectivity index (χ2v) is 7.67. The van der Waals surface area contributed by atoms with E-state index in [1.165, 1.54) is 30.8 Å². The standard InChI is InChI=1S/C20H29N5OS/c1-2-26-18-9-6-5-8-17(18)23-14-12-22(13-15-23)16-25-20(27)24-11-7-3-4-10-19(24)21-25/h5-6,8-9H,2-4,7,10-16H2,1H3. The van der Waals surface area contributed by atoms with Gasteiger partial charge in [-0.2, -0.15) is 5.10 Å². The van der Waals surface area contributed by atoms with Crippen LogP contribution in [0.15, 0.2) is 24.3 Å². The van der Waals surface area contributed by atoms with Crippen LogP contribution in [-0.2, 0) is 19.6 Å². The first kappa shape index (κ1) is 18.5. The Kier molecular flexibility index (Phi) is 5.78. The molecule has 146 valence electrons. The van der Waals surface area contributed by atoms with Gasteiger partial charge in [0.05, 0.1) is 19.0 Å². The van der Waals surface area contributed by atoms with E-state index in [-0.39, 0.29) is 0 Å². The number of rotatable bonds is 5. The molecule has 2 aliphatic rings. The maximum atomic E-state index is 5.80. The molecule has 0 amide bonds. The van der Waals surface area contributed by atoms with Crippen molar-refractivity contribution >= 4 is 17.9 Å². The van der Waals surface area contributed by atoms with Gasteiger partial charge in [0.15, 0.2) is 4.77 Å². The summed E-state index contributed by atoms with van der Waals surface area (Å²) in [5.41, 5.74) is 1.20. The van der Waals surface area contributed by atoms with Crippen LogP contribution in [0.1, 0.15) is 32.0 Å². The molecule has 1 aromatic carbocycles. The number of hydrogen-bond donors (Lipinski definition) is 0. The molecule has 2 aliphatic heterocycles. The molecule has 0 spiro atoms. The lowest BCUT2D eigenvalue weighted by molar-refractivity contribution is 0.193. The van der Waals surface area contributed by atoms with Crippen LogP contribution < -0.4 is 9.64 Å². The highest BCUT2D eigenvalue weighted by Gasteiger charge is 2.21. The molecule has 2 aromatic rings. The van der Waals surface area contributed by atoms with Crippen LogP contribution in [0.2, 0.25) is 0 Å². The summed E-state index contributed by atoms with van der Waals surface area (Å²) in [5, 5.41) is 4.82. The lowest BCUT2D eigenvalue weighted by Gasteiger charge is -2.36. The van der Waals surface area contributed by atoms with E-state index in [0.717, 1.165) is 56.3 Å². The highest BCUT2D eigenvalue weighted by atomic mass is 32.1. The second kappa shape index (κ2) is 8.44. The first-order valence-corrected chi connectivity index (χ1v) is 10.5. The van der Waals surface area contributed by atoms with E-state index in [9.17, 15) is 0 Å². The average molecular weight is 388 g/mol. The summed E-state index contributed by atoms with van der Waals surface area (Å²) in [6, 6.07) is 8.34. The lowest BCUT2D eigenvalue weighted by atomic mass is 10.2. The smallest absolute Gasteiger partial charge is 0.199 e. The third-order valence-electron chi connectivity index (χ3n) is 5.49. The molecule has 27 heavy (non-hydrogen) atoms. The van der Waals surface area contributed by atoms with Gasteiger partial charge < -0.3 is 14.2 Å². The minimum absolute atomic E-state index is 0.695. The van der Waals surface area contributed by atoms with Crippen molar-refractivity contribution in [2.24, 2.45) is 0 Å². The second-order valence-electron chi connectivity index (χ2n) is 7.31. The summed E-state index contributed by atoms with van der Waals surface area (Å²) in [7, 11) is 0. The Hall–Kier alpha value is -1.86. The van der Waals surface area contributed by atoms with Crippen molar-refractivity contribution in [1.82, 2.24) is 19.2 Å². The van der Waals surface area contributed by atoms with Crippen molar-refractivity contribution in [2.75, 3.05) is 37.7 Å². The molecule has 0 atom stereocenters. The van der Waals surface area contributed by atoms with E-state index in [2.05, 4.69) is 32.6 Å². The summed E-state index contributed by atoms with van der Waals surface area (Å²) in [6.07, 6.45) is 4.77. The summed E-state index contributed by atoms with van der Waals surface area (Å²) >= 11 is 5.70. The van der Waals surface area contributed by atoms with Gasteiger partial charge in [-0.1, -0.05) is 18.6 Å².